The van der Waals surface area contributed by atoms with Crippen LogP contribution in [0.3, 0.4) is 0 Å². The standard InChI is InChI=1S/C21H30N2O2/c24-21(12-19-11-17-6-7-18(19)10-17)22-13-20-15-23(8-9-25-20)14-16-4-2-1-3-5-16/h1-5,17-20H,6-15H2,(H,22,24)/t17-,18-,19+,20+/m1/s1. The molecule has 3 fully saturated rings. The first-order valence-electron chi connectivity index (χ1n) is 9.91. The van der Waals surface area contributed by atoms with Crippen LogP contribution in [0, 0.1) is 17.8 Å². The lowest BCUT2D eigenvalue weighted by atomic mass is 9.86. The summed E-state index contributed by atoms with van der Waals surface area (Å²) in [7, 11) is 0. The Balaban J connectivity index is 1.19. The molecule has 1 aliphatic heterocycles. The van der Waals surface area contributed by atoms with Crippen molar-refractivity contribution >= 4 is 5.91 Å². The minimum atomic E-state index is 0.112. The Morgan fingerprint density at radius 3 is 2.84 bits per heavy atom. The topological polar surface area (TPSA) is 41.6 Å². The van der Waals surface area contributed by atoms with E-state index < -0.39 is 0 Å². The maximum Gasteiger partial charge on any atom is 0.220 e. The Morgan fingerprint density at radius 2 is 2.08 bits per heavy atom. The van der Waals surface area contributed by atoms with E-state index in [1.807, 2.05) is 0 Å². The number of rotatable bonds is 6. The van der Waals surface area contributed by atoms with Crippen LogP contribution in [0.5, 0.6) is 0 Å². The minimum absolute atomic E-state index is 0.112. The second-order valence-electron chi connectivity index (χ2n) is 8.16. The number of carbonyl (C=O) groups excluding carboxylic acids is 1. The third-order valence-corrected chi connectivity index (χ3v) is 6.33. The van der Waals surface area contributed by atoms with Gasteiger partial charge in [0.05, 0.1) is 12.7 Å². The molecule has 1 N–H and O–H groups in total. The molecular formula is C21H30N2O2. The summed E-state index contributed by atoms with van der Waals surface area (Å²) in [6, 6.07) is 10.6. The number of ether oxygens (including phenoxy) is 1. The molecule has 1 heterocycles. The van der Waals surface area contributed by atoms with Gasteiger partial charge in [0.25, 0.3) is 0 Å². The van der Waals surface area contributed by atoms with E-state index in [1.54, 1.807) is 0 Å². The Kier molecular flexibility index (Phi) is 5.37. The number of carbonyl (C=O) groups is 1. The first-order valence-corrected chi connectivity index (χ1v) is 9.91. The summed E-state index contributed by atoms with van der Waals surface area (Å²) in [5.41, 5.74) is 1.34. The fraction of sp³-hybridized carbons (Fsp3) is 0.667. The van der Waals surface area contributed by atoms with Gasteiger partial charge >= 0.3 is 0 Å². The molecule has 0 unspecified atom stereocenters. The van der Waals surface area contributed by atoms with Gasteiger partial charge in [0.2, 0.25) is 5.91 Å². The van der Waals surface area contributed by atoms with Crippen LogP contribution in [-0.4, -0.2) is 43.2 Å². The van der Waals surface area contributed by atoms with Crippen LogP contribution in [0.15, 0.2) is 30.3 Å². The number of morpholine rings is 1. The van der Waals surface area contributed by atoms with E-state index in [1.165, 1.54) is 31.2 Å². The number of hydrogen-bond donors (Lipinski definition) is 1. The monoisotopic (exact) mass is 342 g/mol. The smallest absolute Gasteiger partial charge is 0.220 e. The van der Waals surface area contributed by atoms with Crippen molar-refractivity contribution in [3.63, 3.8) is 0 Å². The Labute approximate surface area is 150 Å². The summed E-state index contributed by atoms with van der Waals surface area (Å²) in [6.07, 6.45) is 6.24. The summed E-state index contributed by atoms with van der Waals surface area (Å²) >= 11 is 0. The Hall–Kier alpha value is -1.39. The highest BCUT2D eigenvalue weighted by Crippen LogP contribution is 2.49. The van der Waals surface area contributed by atoms with E-state index in [9.17, 15) is 4.79 Å². The van der Waals surface area contributed by atoms with Gasteiger partial charge < -0.3 is 10.1 Å². The van der Waals surface area contributed by atoms with Gasteiger partial charge in [-0.3, -0.25) is 9.69 Å². The van der Waals surface area contributed by atoms with Gasteiger partial charge in [0.15, 0.2) is 0 Å². The van der Waals surface area contributed by atoms with Crippen LogP contribution in [0.2, 0.25) is 0 Å². The molecule has 2 aliphatic carbocycles. The van der Waals surface area contributed by atoms with Crippen LogP contribution < -0.4 is 5.32 Å². The molecule has 0 spiro atoms. The predicted molar refractivity (Wildman–Crippen MR) is 98.0 cm³/mol. The van der Waals surface area contributed by atoms with Gasteiger partial charge in [-0.15, -0.1) is 0 Å². The van der Waals surface area contributed by atoms with Crippen molar-refractivity contribution in [1.82, 2.24) is 10.2 Å². The number of amides is 1. The number of hydrogen-bond acceptors (Lipinski definition) is 3. The van der Waals surface area contributed by atoms with E-state index >= 15 is 0 Å². The number of nitrogens with one attached hydrogen (secondary N) is 1. The minimum Gasteiger partial charge on any atom is -0.374 e. The number of fused-ring (bicyclic) bond motifs is 2. The molecule has 1 saturated heterocycles. The predicted octanol–water partition coefficient (Wildman–Crippen LogP) is 2.83. The fourth-order valence-electron chi connectivity index (χ4n) is 5.05. The van der Waals surface area contributed by atoms with Gasteiger partial charge in [-0.1, -0.05) is 36.8 Å². The van der Waals surface area contributed by atoms with Crippen LogP contribution in [0.1, 0.15) is 37.7 Å². The first-order chi connectivity index (χ1) is 12.3. The molecule has 0 aromatic heterocycles. The van der Waals surface area contributed by atoms with Crippen molar-refractivity contribution in [2.24, 2.45) is 17.8 Å². The van der Waals surface area contributed by atoms with E-state index in [-0.39, 0.29) is 12.0 Å². The largest absolute Gasteiger partial charge is 0.374 e. The molecule has 3 aliphatic rings. The molecule has 4 nitrogen and oxygen atoms in total. The van der Waals surface area contributed by atoms with Crippen LogP contribution in [-0.2, 0) is 16.1 Å². The third-order valence-electron chi connectivity index (χ3n) is 6.33. The lowest BCUT2D eigenvalue weighted by Gasteiger charge is -2.33. The molecule has 4 atom stereocenters. The average molecular weight is 342 g/mol. The summed E-state index contributed by atoms with van der Waals surface area (Å²) < 4.78 is 5.86. The molecule has 2 bridgehead atoms. The first kappa shape index (κ1) is 17.0. The summed E-state index contributed by atoms with van der Waals surface area (Å²) in [5, 5.41) is 3.13. The molecule has 0 radical (unpaired) electrons. The van der Waals surface area contributed by atoms with E-state index in [4.69, 9.17) is 4.74 Å². The second kappa shape index (κ2) is 7.88. The highest BCUT2D eigenvalue weighted by Gasteiger charge is 2.40. The molecule has 4 rings (SSSR count). The molecular weight excluding hydrogens is 312 g/mol. The lowest BCUT2D eigenvalue weighted by molar-refractivity contribution is -0.123. The van der Waals surface area contributed by atoms with Crippen molar-refractivity contribution in [1.29, 1.82) is 0 Å². The maximum atomic E-state index is 12.3. The zero-order valence-corrected chi connectivity index (χ0v) is 15.0. The summed E-state index contributed by atoms with van der Waals surface area (Å²) in [5.74, 6) is 2.60. The molecule has 25 heavy (non-hydrogen) atoms. The SMILES string of the molecule is O=C(C[C@@H]1C[C@@H]2CC[C@@H]1C2)NC[C@H]1CN(Cc2ccccc2)CCO1. The average Bonchev–Trinajstić information content (AvgIpc) is 3.24. The lowest BCUT2D eigenvalue weighted by Crippen LogP contribution is -2.47. The maximum absolute atomic E-state index is 12.3. The summed E-state index contributed by atoms with van der Waals surface area (Å²) in [4.78, 5) is 14.7. The fourth-order valence-corrected chi connectivity index (χ4v) is 5.05. The van der Waals surface area contributed by atoms with Gasteiger partial charge in [0, 0.05) is 32.6 Å². The van der Waals surface area contributed by atoms with Gasteiger partial charge in [-0.2, -0.15) is 0 Å². The van der Waals surface area contributed by atoms with Gasteiger partial charge in [-0.25, -0.2) is 0 Å². The van der Waals surface area contributed by atoms with E-state index in [0.717, 1.165) is 44.5 Å². The molecule has 1 aromatic rings. The molecule has 1 amide bonds. The van der Waals surface area contributed by atoms with Crippen molar-refractivity contribution in [3.8, 4) is 0 Å². The molecule has 1 aromatic carbocycles. The molecule has 4 heteroatoms. The van der Waals surface area contributed by atoms with E-state index in [0.29, 0.717) is 12.5 Å². The van der Waals surface area contributed by atoms with Gasteiger partial charge in [0.1, 0.15) is 0 Å². The third kappa shape index (κ3) is 4.42. The van der Waals surface area contributed by atoms with Crippen LogP contribution >= 0.6 is 0 Å². The number of nitrogens with zero attached hydrogens (tertiary/aromatic N) is 1. The zero-order chi connectivity index (χ0) is 17.1. The van der Waals surface area contributed by atoms with Crippen molar-refractivity contribution in [3.05, 3.63) is 35.9 Å². The van der Waals surface area contributed by atoms with Crippen LogP contribution in [0.25, 0.3) is 0 Å². The number of benzene rings is 1. The Bertz CT molecular complexity index is 577. The zero-order valence-electron chi connectivity index (χ0n) is 15.0. The molecule has 2 saturated carbocycles. The normalized spacial score (nSPS) is 32.0. The second-order valence-corrected chi connectivity index (χ2v) is 8.16. The highest BCUT2D eigenvalue weighted by atomic mass is 16.5. The van der Waals surface area contributed by atoms with Crippen molar-refractivity contribution < 1.29 is 9.53 Å². The Morgan fingerprint density at radius 1 is 1.20 bits per heavy atom. The quantitative estimate of drug-likeness (QED) is 0.864. The highest BCUT2D eigenvalue weighted by molar-refractivity contribution is 5.76. The van der Waals surface area contributed by atoms with Gasteiger partial charge in [-0.05, 0) is 42.6 Å². The van der Waals surface area contributed by atoms with Crippen LogP contribution in [0.4, 0.5) is 0 Å². The molecule has 136 valence electrons. The summed E-state index contributed by atoms with van der Waals surface area (Å²) in [6.45, 7) is 4.21. The van der Waals surface area contributed by atoms with Crippen molar-refractivity contribution in [2.45, 2.75) is 44.8 Å². The van der Waals surface area contributed by atoms with Crippen molar-refractivity contribution in [2.75, 3.05) is 26.2 Å². The van der Waals surface area contributed by atoms with E-state index in [2.05, 4.69) is 40.5 Å².